The van der Waals surface area contributed by atoms with E-state index < -0.39 is 0 Å². The minimum absolute atomic E-state index is 0.0369. The summed E-state index contributed by atoms with van der Waals surface area (Å²) in [5.74, 6) is 0.268. The second-order valence-electron chi connectivity index (χ2n) is 5.33. The molecule has 4 nitrogen and oxygen atoms in total. The van der Waals surface area contributed by atoms with Gasteiger partial charge >= 0.3 is 0 Å². The molecule has 6 heteroatoms. The Hall–Kier alpha value is -2.11. The molecular weight excluding hydrogens is 342 g/mol. The zero-order valence-electron chi connectivity index (χ0n) is 13.1. The molecule has 0 saturated carbocycles. The van der Waals surface area contributed by atoms with Gasteiger partial charge in [-0.05, 0) is 30.7 Å². The van der Waals surface area contributed by atoms with Gasteiger partial charge in [0.2, 0.25) is 5.91 Å². The van der Waals surface area contributed by atoms with Crippen LogP contribution in [0.25, 0.3) is 10.9 Å². The zero-order chi connectivity index (χ0) is 16.9. The first kappa shape index (κ1) is 16.7. The third-order valence-corrected chi connectivity index (χ3v) is 4.85. The number of rotatable bonds is 5. The molecule has 1 unspecified atom stereocenters. The first-order valence-corrected chi connectivity index (χ1v) is 8.87. The summed E-state index contributed by atoms with van der Waals surface area (Å²) in [5, 5.41) is 5.45. The summed E-state index contributed by atoms with van der Waals surface area (Å²) in [6.45, 7) is 1.95. The summed E-state index contributed by atoms with van der Waals surface area (Å²) in [4.78, 5) is 20.7. The molecule has 3 rings (SSSR count). The highest BCUT2D eigenvalue weighted by atomic mass is 35.5. The first-order valence-electron chi connectivity index (χ1n) is 7.51. The van der Waals surface area contributed by atoms with E-state index in [9.17, 15) is 4.79 Å². The number of fused-ring (bicyclic) bond motifs is 1. The zero-order valence-corrected chi connectivity index (χ0v) is 14.6. The second kappa shape index (κ2) is 7.64. The van der Waals surface area contributed by atoms with Crippen molar-refractivity contribution in [1.82, 2.24) is 15.3 Å². The van der Waals surface area contributed by atoms with Crippen molar-refractivity contribution in [3.63, 3.8) is 0 Å². The average molecular weight is 358 g/mol. The Labute approximate surface area is 149 Å². The summed E-state index contributed by atoms with van der Waals surface area (Å²) < 4.78 is 0. The van der Waals surface area contributed by atoms with Crippen molar-refractivity contribution >= 4 is 40.2 Å². The number of hydrogen-bond donors (Lipinski definition) is 1. The lowest BCUT2D eigenvalue weighted by molar-refractivity contribution is -0.119. The quantitative estimate of drug-likeness (QED) is 0.547. The molecule has 3 aromatic rings. The topological polar surface area (TPSA) is 54.9 Å². The van der Waals surface area contributed by atoms with Crippen LogP contribution in [0.2, 0.25) is 5.02 Å². The minimum atomic E-state index is -0.0717. The summed E-state index contributed by atoms with van der Waals surface area (Å²) in [7, 11) is 0. The van der Waals surface area contributed by atoms with Crippen LogP contribution in [0.1, 0.15) is 18.5 Å². The molecule has 0 fully saturated rings. The van der Waals surface area contributed by atoms with Gasteiger partial charge in [-0.1, -0.05) is 53.7 Å². The largest absolute Gasteiger partial charge is 0.349 e. The van der Waals surface area contributed by atoms with Crippen LogP contribution >= 0.6 is 23.4 Å². The maximum atomic E-state index is 12.2. The molecule has 1 N–H and O–H groups in total. The van der Waals surface area contributed by atoms with E-state index in [4.69, 9.17) is 11.6 Å². The first-order chi connectivity index (χ1) is 11.6. The fourth-order valence-electron chi connectivity index (χ4n) is 2.35. The number of carbonyl (C=O) groups excluding carboxylic acids is 1. The molecule has 1 aromatic heterocycles. The maximum absolute atomic E-state index is 12.2. The summed E-state index contributed by atoms with van der Waals surface area (Å²) in [6.07, 6.45) is 1.53. The van der Waals surface area contributed by atoms with E-state index in [1.54, 1.807) is 0 Å². The van der Waals surface area contributed by atoms with Crippen molar-refractivity contribution in [3.8, 4) is 0 Å². The summed E-state index contributed by atoms with van der Waals surface area (Å²) in [6, 6.07) is 15.2. The van der Waals surface area contributed by atoms with Gasteiger partial charge in [-0.15, -0.1) is 0 Å². The van der Waals surface area contributed by atoms with Gasteiger partial charge in [0.25, 0.3) is 0 Å². The van der Waals surface area contributed by atoms with E-state index in [1.807, 2.05) is 55.5 Å². The Bertz CT molecular complexity index is 849. The summed E-state index contributed by atoms with van der Waals surface area (Å²) in [5.41, 5.74) is 1.90. The molecule has 0 radical (unpaired) electrons. The van der Waals surface area contributed by atoms with Crippen LogP contribution in [0, 0.1) is 0 Å². The maximum Gasteiger partial charge on any atom is 0.230 e. The van der Waals surface area contributed by atoms with Crippen molar-refractivity contribution in [3.05, 3.63) is 65.4 Å². The van der Waals surface area contributed by atoms with E-state index in [2.05, 4.69) is 15.3 Å². The molecule has 0 saturated heterocycles. The van der Waals surface area contributed by atoms with Crippen molar-refractivity contribution < 1.29 is 4.79 Å². The van der Waals surface area contributed by atoms with Crippen LogP contribution < -0.4 is 5.32 Å². The molecule has 1 heterocycles. The normalized spacial score (nSPS) is 12.1. The molecule has 1 amide bonds. The molecule has 0 aliphatic heterocycles. The van der Waals surface area contributed by atoms with E-state index in [1.165, 1.54) is 18.1 Å². The standard InChI is InChI=1S/C18H16ClN3OS/c1-12(13-6-8-14(19)9-7-13)22-17(23)10-24-18-15-4-2-3-5-16(15)20-11-21-18/h2-9,11-12H,10H2,1H3,(H,22,23). The molecule has 2 aromatic carbocycles. The Morgan fingerprint density at radius 3 is 2.71 bits per heavy atom. The van der Waals surface area contributed by atoms with Crippen LogP contribution in [-0.2, 0) is 4.79 Å². The molecular formula is C18H16ClN3OS. The Balaban J connectivity index is 1.62. The Morgan fingerprint density at radius 2 is 1.92 bits per heavy atom. The second-order valence-corrected chi connectivity index (χ2v) is 6.73. The average Bonchev–Trinajstić information content (AvgIpc) is 2.60. The lowest BCUT2D eigenvalue weighted by atomic mass is 10.1. The smallest absolute Gasteiger partial charge is 0.230 e. The van der Waals surface area contributed by atoms with Gasteiger partial charge in [-0.25, -0.2) is 9.97 Å². The number of nitrogens with one attached hydrogen (secondary N) is 1. The Morgan fingerprint density at radius 1 is 1.17 bits per heavy atom. The summed E-state index contributed by atoms with van der Waals surface area (Å²) >= 11 is 7.30. The molecule has 0 aliphatic rings. The van der Waals surface area contributed by atoms with Gasteiger partial charge in [0.1, 0.15) is 11.4 Å². The molecule has 0 spiro atoms. The van der Waals surface area contributed by atoms with Gasteiger partial charge in [0, 0.05) is 10.4 Å². The van der Waals surface area contributed by atoms with E-state index >= 15 is 0 Å². The number of halogens is 1. The van der Waals surface area contributed by atoms with Crippen LogP contribution in [0.5, 0.6) is 0 Å². The third kappa shape index (κ3) is 4.04. The van der Waals surface area contributed by atoms with E-state index in [0.29, 0.717) is 10.8 Å². The van der Waals surface area contributed by atoms with E-state index in [0.717, 1.165) is 21.5 Å². The van der Waals surface area contributed by atoms with Gasteiger partial charge in [-0.2, -0.15) is 0 Å². The van der Waals surface area contributed by atoms with Crippen molar-refractivity contribution in [2.75, 3.05) is 5.75 Å². The number of para-hydroxylation sites is 1. The molecule has 0 aliphatic carbocycles. The SMILES string of the molecule is CC(NC(=O)CSc1ncnc2ccccc12)c1ccc(Cl)cc1. The fourth-order valence-corrected chi connectivity index (χ4v) is 3.27. The van der Waals surface area contributed by atoms with Crippen LogP contribution in [-0.4, -0.2) is 21.6 Å². The number of thioether (sulfide) groups is 1. The van der Waals surface area contributed by atoms with Crippen molar-refractivity contribution in [1.29, 1.82) is 0 Å². The van der Waals surface area contributed by atoms with E-state index in [-0.39, 0.29) is 11.9 Å². The van der Waals surface area contributed by atoms with Gasteiger partial charge in [0.05, 0.1) is 17.3 Å². The number of aromatic nitrogens is 2. The number of hydrogen-bond acceptors (Lipinski definition) is 4. The lowest BCUT2D eigenvalue weighted by Crippen LogP contribution is -2.28. The highest BCUT2D eigenvalue weighted by Crippen LogP contribution is 2.24. The minimum Gasteiger partial charge on any atom is -0.349 e. The number of benzene rings is 2. The molecule has 122 valence electrons. The van der Waals surface area contributed by atoms with Gasteiger partial charge < -0.3 is 5.32 Å². The van der Waals surface area contributed by atoms with Crippen LogP contribution in [0.4, 0.5) is 0 Å². The third-order valence-electron chi connectivity index (χ3n) is 3.59. The van der Waals surface area contributed by atoms with Gasteiger partial charge in [-0.3, -0.25) is 4.79 Å². The highest BCUT2D eigenvalue weighted by molar-refractivity contribution is 8.00. The molecule has 1 atom stereocenters. The number of carbonyl (C=O) groups is 1. The monoisotopic (exact) mass is 357 g/mol. The predicted molar refractivity (Wildman–Crippen MR) is 98.3 cm³/mol. The highest BCUT2D eigenvalue weighted by Gasteiger charge is 2.11. The predicted octanol–water partition coefficient (Wildman–Crippen LogP) is 4.25. The number of nitrogens with zero attached hydrogens (tertiary/aromatic N) is 2. The number of amides is 1. The molecule has 0 bridgehead atoms. The van der Waals surface area contributed by atoms with Crippen LogP contribution in [0.15, 0.2) is 59.9 Å². The van der Waals surface area contributed by atoms with Crippen molar-refractivity contribution in [2.24, 2.45) is 0 Å². The molecule has 24 heavy (non-hydrogen) atoms. The van der Waals surface area contributed by atoms with Gasteiger partial charge in [0.15, 0.2) is 0 Å². The van der Waals surface area contributed by atoms with Crippen molar-refractivity contribution in [2.45, 2.75) is 18.0 Å². The fraction of sp³-hybridized carbons (Fsp3) is 0.167. The lowest BCUT2D eigenvalue weighted by Gasteiger charge is -2.14. The van der Waals surface area contributed by atoms with Crippen LogP contribution in [0.3, 0.4) is 0 Å². The Kier molecular flexibility index (Phi) is 5.33.